The Morgan fingerprint density at radius 2 is 2.29 bits per heavy atom. The molecule has 0 heterocycles. The molecule has 1 aromatic rings. The number of hydrogen-bond acceptors (Lipinski definition) is 3. The van der Waals surface area contributed by atoms with Crippen molar-refractivity contribution in [1.82, 2.24) is 0 Å². The van der Waals surface area contributed by atoms with Gasteiger partial charge in [-0.05, 0) is 31.0 Å². The van der Waals surface area contributed by atoms with E-state index >= 15 is 0 Å². The molecule has 4 nitrogen and oxygen atoms in total. The van der Waals surface area contributed by atoms with Gasteiger partial charge in [0.15, 0.2) is 0 Å². The third-order valence-electron chi connectivity index (χ3n) is 3.05. The molecule has 1 amide bonds. The number of amides is 1. The van der Waals surface area contributed by atoms with Crippen molar-refractivity contribution in [2.24, 2.45) is 5.41 Å². The number of ether oxygens (including phenoxy) is 1. The van der Waals surface area contributed by atoms with E-state index in [9.17, 15) is 9.90 Å². The van der Waals surface area contributed by atoms with Gasteiger partial charge >= 0.3 is 0 Å². The second kappa shape index (κ2) is 4.66. The highest BCUT2D eigenvalue weighted by Crippen LogP contribution is 2.46. The van der Waals surface area contributed by atoms with Crippen LogP contribution in [0.1, 0.15) is 12.8 Å². The quantitative estimate of drug-likeness (QED) is 0.896. The monoisotopic (exact) mass is 299 g/mol. The number of benzene rings is 1. The topological polar surface area (TPSA) is 58.6 Å². The van der Waals surface area contributed by atoms with Crippen LogP contribution in [-0.2, 0) is 4.79 Å². The van der Waals surface area contributed by atoms with Crippen molar-refractivity contribution in [3.63, 3.8) is 0 Å². The molecule has 2 rings (SSSR count). The number of aliphatic hydroxyl groups is 1. The minimum atomic E-state index is -0.576. The van der Waals surface area contributed by atoms with E-state index < -0.39 is 5.41 Å². The largest absolute Gasteiger partial charge is 0.495 e. The molecule has 1 aromatic carbocycles. The van der Waals surface area contributed by atoms with Gasteiger partial charge in [-0.25, -0.2) is 0 Å². The summed E-state index contributed by atoms with van der Waals surface area (Å²) in [5, 5.41) is 12.0. The van der Waals surface area contributed by atoms with Gasteiger partial charge in [0.25, 0.3) is 0 Å². The number of carbonyl (C=O) groups excluding carboxylic acids is 1. The number of hydrogen-bond donors (Lipinski definition) is 2. The molecule has 0 radical (unpaired) electrons. The van der Waals surface area contributed by atoms with Gasteiger partial charge in [0.2, 0.25) is 5.91 Å². The molecule has 0 aromatic heterocycles. The maximum absolute atomic E-state index is 12.0. The van der Waals surface area contributed by atoms with Gasteiger partial charge in [0.05, 0.1) is 24.8 Å². The molecule has 0 unspecified atom stereocenters. The van der Waals surface area contributed by atoms with E-state index in [-0.39, 0.29) is 12.5 Å². The van der Waals surface area contributed by atoms with Crippen molar-refractivity contribution in [2.75, 3.05) is 19.0 Å². The number of anilines is 1. The summed E-state index contributed by atoms with van der Waals surface area (Å²) in [6.07, 6.45) is 1.48. The number of methoxy groups -OCH3 is 1. The average Bonchev–Trinajstić information content (AvgIpc) is 3.10. The number of rotatable bonds is 4. The fraction of sp³-hybridized carbons (Fsp3) is 0.417. The van der Waals surface area contributed by atoms with E-state index in [0.29, 0.717) is 11.4 Å². The Morgan fingerprint density at radius 1 is 1.59 bits per heavy atom. The molecule has 0 spiro atoms. The van der Waals surface area contributed by atoms with E-state index in [0.717, 1.165) is 17.3 Å². The van der Waals surface area contributed by atoms with Crippen molar-refractivity contribution in [2.45, 2.75) is 12.8 Å². The second-order valence-corrected chi connectivity index (χ2v) is 5.15. The van der Waals surface area contributed by atoms with E-state index in [1.807, 2.05) is 6.07 Å². The van der Waals surface area contributed by atoms with Crippen LogP contribution in [0.2, 0.25) is 0 Å². The lowest BCUT2D eigenvalue weighted by Crippen LogP contribution is -2.27. The molecule has 1 aliphatic carbocycles. The van der Waals surface area contributed by atoms with Crippen LogP contribution in [0.15, 0.2) is 22.7 Å². The lowest BCUT2D eigenvalue weighted by atomic mass is 10.1. The smallest absolute Gasteiger partial charge is 0.233 e. The van der Waals surface area contributed by atoms with Crippen LogP contribution in [0.3, 0.4) is 0 Å². The van der Waals surface area contributed by atoms with Crippen molar-refractivity contribution in [1.29, 1.82) is 0 Å². The van der Waals surface area contributed by atoms with Gasteiger partial charge in [-0.3, -0.25) is 4.79 Å². The Kier molecular flexibility index (Phi) is 3.40. The Balaban J connectivity index is 2.18. The van der Waals surface area contributed by atoms with Gasteiger partial charge < -0.3 is 15.2 Å². The highest BCUT2D eigenvalue weighted by atomic mass is 79.9. The molecule has 5 heteroatoms. The Morgan fingerprint density at radius 3 is 2.82 bits per heavy atom. The summed E-state index contributed by atoms with van der Waals surface area (Å²) in [4.78, 5) is 12.0. The van der Waals surface area contributed by atoms with Crippen molar-refractivity contribution >= 4 is 27.5 Å². The van der Waals surface area contributed by atoms with E-state index in [1.165, 1.54) is 0 Å². The first-order chi connectivity index (χ1) is 8.11. The molecule has 0 bridgehead atoms. The maximum Gasteiger partial charge on any atom is 0.233 e. The normalized spacial score (nSPS) is 16.4. The van der Waals surface area contributed by atoms with Gasteiger partial charge in [-0.2, -0.15) is 0 Å². The highest BCUT2D eigenvalue weighted by molar-refractivity contribution is 9.10. The number of halogens is 1. The third-order valence-corrected chi connectivity index (χ3v) is 3.54. The van der Waals surface area contributed by atoms with Gasteiger partial charge in [-0.15, -0.1) is 0 Å². The van der Waals surface area contributed by atoms with Crippen LogP contribution >= 0.6 is 15.9 Å². The second-order valence-electron chi connectivity index (χ2n) is 4.24. The first-order valence-corrected chi connectivity index (χ1v) is 6.16. The molecule has 0 saturated heterocycles. The molecule has 0 aliphatic heterocycles. The van der Waals surface area contributed by atoms with Crippen LogP contribution in [0.25, 0.3) is 0 Å². The highest BCUT2D eigenvalue weighted by Gasteiger charge is 2.49. The Hall–Kier alpha value is -1.07. The van der Waals surface area contributed by atoms with E-state index in [4.69, 9.17) is 4.74 Å². The number of aliphatic hydroxyl groups excluding tert-OH is 1. The van der Waals surface area contributed by atoms with Gasteiger partial charge in [-0.1, -0.05) is 15.9 Å². The first kappa shape index (κ1) is 12.4. The minimum absolute atomic E-state index is 0.102. The maximum atomic E-state index is 12.0. The average molecular weight is 300 g/mol. The SMILES string of the molecule is COc1ccc(Br)cc1NC(=O)C1(CO)CC1. The molecule has 1 saturated carbocycles. The summed E-state index contributed by atoms with van der Waals surface area (Å²) >= 11 is 3.34. The fourth-order valence-electron chi connectivity index (χ4n) is 1.64. The molecule has 0 atom stereocenters. The molecule has 1 aliphatic rings. The summed E-state index contributed by atoms with van der Waals surface area (Å²) in [7, 11) is 1.55. The molecule has 1 fully saturated rings. The summed E-state index contributed by atoms with van der Waals surface area (Å²) in [6, 6.07) is 5.40. The van der Waals surface area contributed by atoms with Crippen LogP contribution in [0, 0.1) is 5.41 Å². The van der Waals surface area contributed by atoms with E-state index in [1.54, 1.807) is 19.2 Å². The zero-order chi connectivity index (χ0) is 12.5. The predicted molar refractivity (Wildman–Crippen MR) is 68.1 cm³/mol. The first-order valence-electron chi connectivity index (χ1n) is 5.37. The van der Waals surface area contributed by atoms with Crippen molar-refractivity contribution in [3.05, 3.63) is 22.7 Å². The lowest BCUT2D eigenvalue weighted by Gasteiger charge is -2.14. The number of carbonyl (C=O) groups is 1. The summed E-state index contributed by atoms with van der Waals surface area (Å²) in [6.45, 7) is -0.102. The third kappa shape index (κ3) is 2.45. The molecule has 92 valence electrons. The summed E-state index contributed by atoms with van der Waals surface area (Å²) in [5.74, 6) is 0.465. The molecule has 2 N–H and O–H groups in total. The van der Waals surface area contributed by atoms with Crippen LogP contribution in [0.4, 0.5) is 5.69 Å². The predicted octanol–water partition coefficient (Wildman–Crippen LogP) is 2.17. The number of nitrogens with one attached hydrogen (secondary N) is 1. The van der Waals surface area contributed by atoms with Gasteiger partial charge in [0.1, 0.15) is 5.75 Å². The lowest BCUT2D eigenvalue weighted by molar-refractivity contribution is -0.122. The zero-order valence-corrected chi connectivity index (χ0v) is 11.1. The Labute approximate surface area is 108 Å². The van der Waals surface area contributed by atoms with Crippen LogP contribution < -0.4 is 10.1 Å². The molecular weight excluding hydrogens is 286 g/mol. The van der Waals surface area contributed by atoms with Crippen molar-refractivity contribution in [3.8, 4) is 5.75 Å². The zero-order valence-electron chi connectivity index (χ0n) is 9.50. The Bertz CT molecular complexity index is 443. The van der Waals surface area contributed by atoms with Crippen LogP contribution in [-0.4, -0.2) is 24.7 Å². The minimum Gasteiger partial charge on any atom is -0.495 e. The van der Waals surface area contributed by atoms with Crippen molar-refractivity contribution < 1.29 is 14.6 Å². The van der Waals surface area contributed by atoms with E-state index in [2.05, 4.69) is 21.2 Å². The molecular formula is C12H14BrNO3. The summed E-state index contributed by atoms with van der Waals surface area (Å²) in [5.41, 5.74) is 0.0412. The van der Waals surface area contributed by atoms with Crippen LogP contribution in [0.5, 0.6) is 5.75 Å². The summed E-state index contributed by atoms with van der Waals surface area (Å²) < 4.78 is 6.03. The molecule has 17 heavy (non-hydrogen) atoms. The fourth-order valence-corrected chi connectivity index (χ4v) is 2.00. The van der Waals surface area contributed by atoms with Gasteiger partial charge in [0, 0.05) is 4.47 Å². The standard InChI is InChI=1S/C12H14BrNO3/c1-17-10-3-2-8(13)6-9(10)14-11(16)12(7-15)4-5-12/h2-3,6,15H,4-5,7H2,1H3,(H,14,16).